The molecule has 1 aromatic heterocycles. The number of carbonyl (C=O) groups excluding carboxylic acids is 1. The van der Waals surface area contributed by atoms with E-state index >= 15 is 0 Å². The molecule has 0 atom stereocenters. The Morgan fingerprint density at radius 3 is 2.67 bits per heavy atom. The highest BCUT2D eigenvalue weighted by atomic mass is 32.2. The molecule has 0 bridgehead atoms. The van der Waals surface area contributed by atoms with Gasteiger partial charge >= 0.3 is 0 Å². The number of benzene rings is 2. The number of carbonyl (C=O) groups is 1. The molecule has 7 heteroatoms. The summed E-state index contributed by atoms with van der Waals surface area (Å²) in [6.45, 7) is 0. The molecule has 0 unspecified atom stereocenters. The molecule has 0 spiro atoms. The van der Waals surface area contributed by atoms with Gasteiger partial charge < -0.3 is 5.32 Å². The smallest absolute Gasteiger partial charge is 0.255 e. The van der Waals surface area contributed by atoms with Crippen molar-refractivity contribution in [2.45, 2.75) is 5.75 Å². The number of thioether (sulfide) groups is 1. The first kappa shape index (κ1) is 16.2. The molecule has 0 saturated heterocycles. The van der Waals surface area contributed by atoms with Crippen LogP contribution in [0.25, 0.3) is 5.69 Å². The quantitative estimate of drug-likeness (QED) is 0.771. The van der Waals surface area contributed by atoms with E-state index in [1.807, 2.05) is 18.4 Å². The number of hydrogen-bond donors (Lipinski definition) is 1. The molecule has 0 saturated carbocycles. The van der Waals surface area contributed by atoms with E-state index in [0.29, 0.717) is 11.3 Å². The third-order valence-corrected chi connectivity index (χ3v) is 4.02. The lowest BCUT2D eigenvalue weighted by molar-refractivity contribution is 0.102. The van der Waals surface area contributed by atoms with Crippen molar-refractivity contribution in [3.05, 3.63) is 72.1 Å². The highest BCUT2D eigenvalue weighted by Gasteiger charge is 2.10. The number of nitrogens with zero attached hydrogens (tertiary/aromatic N) is 3. The van der Waals surface area contributed by atoms with Gasteiger partial charge in [0.1, 0.15) is 18.3 Å². The second-order valence-electron chi connectivity index (χ2n) is 5.09. The molecule has 1 N–H and O–H groups in total. The lowest BCUT2D eigenvalue weighted by atomic mass is 10.1. The molecular formula is C17H15FN4OS. The zero-order valence-electron chi connectivity index (χ0n) is 12.9. The molecule has 1 heterocycles. The van der Waals surface area contributed by atoms with Crippen LogP contribution in [0.3, 0.4) is 0 Å². The van der Waals surface area contributed by atoms with E-state index in [1.165, 1.54) is 23.4 Å². The number of halogens is 1. The topological polar surface area (TPSA) is 59.8 Å². The SMILES string of the molecule is CSCc1ccc(C(=O)Nc2ccc(-n3cncn3)c(F)c2)cc1. The van der Waals surface area contributed by atoms with Crippen LogP contribution in [0.5, 0.6) is 0 Å². The van der Waals surface area contributed by atoms with Crippen molar-refractivity contribution >= 4 is 23.4 Å². The molecule has 0 radical (unpaired) electrons. The van der Waals surface area contributed by atoms with Crippen LogP contribution >= 0.6 is 11.8 Å². The van der Waals surface area contributed by atoms with Gasteiger partial charge in [0.2, 0.25) is 0 Å². The van der Waals surface area contributed by atoms with E-state index in [-0.39, 0.29) is 11.6 Å². The van der Waals surface area contributed by atoms with Crippen LogP contribution in [0.2, 0.25) is 0 Å². The van der Waals surface area contributed by atoms with Gasteiger partial charge in [-0.25, -0.2) is 14.1 Å². The van der Waals surface area contributed by atoms with Gasteiger partial charge in [-0.15, -0.1) is 0 Å². The molecule has 1 amide bonds. The van der Waals surface area contributed by atoms with Crippen molar-refractivity contribution in [3.8, 4) is 5.69 Å². The van der Waals surface area contributed by atoms with Gasteiger partial charge in [0.15, 0.2) is 5.82 Å². The Labute approximate surface area is 142 Å². The predicted octanol–water partition coefficient (Wildman–Crippen LogP) is 3.52. The van der Waals surface area contributed by atoms with Crippen LogP contribution < -0.4 is 5.32 Å². The van der Waals surface area contributed by atoms with Gasteiger partial charge in [-0.1, -0.05) is 12.1 Å². The molecule has 3 rings (SSSR count). The van der Waals surface area contributed by atoms with E-state index in [4.69, 9.17) is 0 Å². The first-order valence-electron chi connectivity index (χ1n) is 7.21. The molecule has 122 valence electrons. The van der Waals surface area contributed by atoms with E-state index in [2.05, 4.69) is 15.4 Å². The molecule has 5 nitrogen and oxygen atoms in total. The summed E-state index contributed by atoms with van der Waals surface area (Å²) < 4.78 is 15.5. The Morgan fingerprint density at radius 1 is 1.25 bits per heavy atom. The summed E-state index contributed by atoms with van der Waals surface area (Å²) in [6, 6.07) is 11.8. The van der Waals surface area contributed by atoms with Gasteiger partial charge in [-0.05, 0) is 42.2 Å². The minimum atomic E-state index is -0.492. The number of aromatic nitrogens is 3. The van der Waals surface area contributed by atoms with Crippen LogP contribution in [0, 0.1) is 5.82 Å². The minimum Gasteiger partial charge on any atom is -0.322 e. The van der Waals surface area contributed by atoms with Crippen LogP contribution in [0.15, 0.2) is 55.1 Å². The summed E-state index contributed by atoms with van der Waals surface area (Å²) >= 11 is 1.72. The van der Waals surface area contributed by atoms with Gasteiger partial charge in [0.25, 0.3) is 5.91 Å². The van der Waals surface area contributed by atoms with Gasteiger partial charge in [-0.2, -0.15) is 16.9 Å². The fourth-order valence-corrected chi connectivity index (χ4v) is 2.75. The van der Waals surface area contributed by atoms with E-state index in [9.17, 15) is 9.18 Å². The molecule has 2 aromatic carbocycles. The second-order valence-corrected chi connectivity index (χ2v) is 5.96. The molecule has 3 aromatic rings. The van der Waals surface area contributed by atoms with Gasteiger partial charge in [0, 0.05) is 17.0 Å². The van der Waals surface area contributed by atoms with Gasteiger partial charge in [-0.3, -0.25) is 4.79 Å². The largest absolute Gasteiger partial charge is 0.322 e. The maximum Gasteiger partial charge on any atom is 0.255 e. The molecule has 0 aliphatic rings. The summed E-state index contributed by atoms with van der Waals surface area (Å²) in [7, 11) is 0. The standard InChI is InChI=1S/C17H15FN4OS/c1-24-9-12-2-4-13(5-3-12)17(23)21-14-6-7-16(15(18)8-14)22-11-19-10-20-22/h2-8,10-11H,9H2,1H3,(H,21,23). The molecule has 0 aliphatic carbocycles. The van der Waals surface area contributed by atoms with Crippen molar-refractivity contribution in [3.63, 3.8) is 0 Å². The zero-order chi connectivity index (χ0) is 16.9. The first-order valence-corrected chi connectivity index (χ1v) is 8.60. The maximum atomic E-state index is 14.2. The summed E-state index contributed by atoms with van der Waals surface area (Å²) in [6.07, 6.45) is 4.76. The number of anilines is 1. The Bertz CT molecular complexity index is 834. The lowest BCUT2D eigenvalue weighted by Gasteiger charge is -2.08. The first-order chi connectivity index (χ1) is 11.7. The van der Waals surface area contributed by atoms with E-state index in [1.54, 1.807) is 36.0 Å². The highest BCUT2D eigenvalue weighted by Crippen LogP contribution is 2.18. The monoisotopic (exact) mass is 342 g/mol. The summed E-state index contributed by atoms with van der Waals surface area (Å²) in [5, 5.41) is 6.58. The molecule has 24 heavy (non-hydrogen) atoms. The number of rotatable bonds is 5. The van der Waals surface area contributed by atoms with E-state index < -0.39 is 5.82 Å². The average molecular weight is 342 g/mol. The normalized spacial score (nSPS) is 10.6. The maximum absolute atomic E-state index is 14.2. The summed E-state index contributed by atoms with van der Waals surface area (Å²) in [5.41, 5.74) is 2.34. The van der Waals surface area contributed by atoms with Crippen molar-refractivity contribution in [1.82, 2.24) is 14.8 Å². The molecule has 0 fully saturated rings. The lowest BCUT2D eigenvalue weighted by Crippen LogP contribution is -2.12. The number of nitrogens with one attached hydrogen (secondary N) is 1. The Kier molecular flexibility index (Phi) is 4.90. The summed E-state index contributed by atoms with van der Waals surface area (Å²) in [5.74, 6) is 0.129. The third-order valence-electron chi connectivity index (χ3n) is 3.40. The summed E-state index contributed by atoms with van der Waals surface area (Å²) in [4.78, 5) is 16.0. The second kappa shape index (κ2) is 7.27. The predicted molar refractivity (Wildman–Crippen MR) is 92.9 cm³/mol. The minimum absolute atomic E-state index is 0.270. The van der Waals surface area contributed by atoms with Crippen LogP contribution in [-0.4, -0.2) is 26.9 Å². The fourth-order valence-electron chi connectivity index (χ4n) is 2.23. The van der Waals surface area contributed by atoms with Crippen LogP contribution in [-0.2, 0) is 5.75 Å². The fraction of sp³-hybridized carbons (Fsp3) is 0.118. The zero-order valence-corrected chi connectivity index (χ0v) is 13.8. The Balaban J connectivity index is 1.73. The van der Waals surface area contributed by atoms with Crippen molar-refractivity contribution in [2.75, 3.05) is 11.6 Å². The number of hydrogen-bond acceptors (Lipinski definition) is 4. The van der Waals surface area contributed by atoms with Crippen LogP contribution in [0.1, 0.15) is 15.9 Å². The average Bonchev–Trinajstić information content (AvgIpc) is 3.10. The van der Waals surface area contributed by atoms with Crippen molar-refractivity contribution in [1.29, 1.82) is 0 Å². The molecular weight excluding hydrogens is 327 g/mol. The Morgan fingerprint density at radius 2 is 2.04 bits per heavy atom. The van der Waals surface area contributed by atoms with Gasteiger partial charge in [0.05, 0.1) is 0 Å². The molecule has 0 aliphatic heterocycles. The Hall–Kier alpha value is -2.67. The number of amides is 1. The van der Waals surface area contributed by atoms with Crippen molar-refractivity contribution in [2.24, 2.45) is 0 Å². The third kappa shape index (κ3) is 3.62. The van der Waals surface area contributed by atoms with Crippen LogP contribution in [0.4, 0.5) is 10.1 Å². The van der Waals surface area contributed by atoms with Crippen molar-refractivity contribution < 1.29 is 9.18 Å². The van der Waals surface area contributed by atoms with E-state index in [0.717, 1.165) is 11.3 Å². The highest BCUT2D eigenvalue weighted by molar-refractivity contribution is 7.97.